The van der Waals surface area contributed by atoms with Gasteiger partial charge in [-0.15, -0.1) is 5.92 Å². The van der Waals surface area contributed by atoms with Crippen LogP contribution in [0.15, 0.2) is 11.6 Å². The van der Waals surface area contributed by atoms with Crippen molar-refractivity contribution >= 4 is 5.97 Å². The molecule has 0 rings (SSSR count). The molecule has 0 aliphatic heterocycles. The van der Waals surface area contributed by atoms with Crippen LogP contribution >= 0.6 is 0 Å². The fourth-order valence-corrected chi connectivity index (χ4v) is 1.84. The lowest BCUT2D eigenvalue weighted by Gasteiger charge is -2.26. The van der Waals surface area contributed by atoms with Crippen LogP contribution in [0.25, 0.3) is 0 Å². The number of ether oxygens (including phenoxy) is 1. The second kappa shape index (κ2) is 7.97. The molecule has 102 valence electrons. The largest absolute Gasteiger partial charge is 0.449 e. The SMILES string of the molecule is CC#CC(CC(C)(C)CCC=C(C)C)OC(C)=O. The Morgan fingerprint density at radius 1 is 1.33 bits per heavy atom. The van der Waals surface area contributed by atoms with Crippen molar-refractivity contribution < 1.29 is 9.53 Å². The summed E-state index contributed by atoms with van der Waals surface area (Å²) in [5.41, 5.74) is 1.46. The van der Waals surface area contributed by atoms with E-state index in [1.54, 1.807) is 6.92 Å². The molecule has 0 aliphatic carbocycles. The predicted molar refractivity (Wildman–Crippen MR) is 76.1 cm³/mol. The normalized spacial score (nSPS) is 12.1. The molecule has 0 bridgehead atoms. The Morgan fingerprint density at radius 2 is 1.94 bits per heavy atom. The zero-order valence-corrected chi connectivity index (χ0v) is 12.6. The maximum absolute atomic E-state index is 11.0. The molecule has 18 heavy (non-hydrogen) atoms. The van der Waals surface area contributed by atoms with Crippen molar-refractivity contribution in [3.05, 3.63) is 11.6 Å². The van der Waals surface area contributed by atoms with Crippen LogP contribution in [0.5, 0.6) is 0 Å². The molecule has 0 heterocycles. The molecule has 0 saturated carbocycles. The summed E-state index contributed by atoms with van der Waals surface area (Å²) in [6.07, 6.45) is 4.87. The molecule has 2 nitrogen and oxygen atoms in total. The van der Waals surface area contributed by atoms with Crippen molar-refractivity contribution in [3.63, 3.8) is 0 Å². The Morgan fingerprint density at radius 3 is 2.39 bits per heavy atom. The molecule has 0 saturated heterocycles. The first kappa shape index (κ1) is 16.8. The van der Waals surface area contributed by atoms with Crippen LogP contribution in [0, 0.1) is 17.3 Å². The van der Waals surface area contributed by atoms with Gasteiger partial charge in [-0.2, -0.15) is 0 Å². The van der Waals surface area contributed by atoms with E-state index in [0.717, 1.165) is 19.3 Å². The van der Waals surface area contributed by atoms with Gasteiger partial charge in [0.1, 0.15) is 0 Å². The molecular weight excluding hydrogens is 224 g/mol. The summed E-state index contributed by atoms with van der Waals surface area (Å²) in [4.78, 5) is 11.0. The van der Waals surface area contributed by atoms with Crippen molar-refractivity contribution in [2.24, 2.45) is 5.41 Å². The third-order valence-electron chi connectivity index (χ3n) is 2.73. The lowest BCUT2D eigenvalue weighted by molar-refractivity contribution is -0.144. The third kappa shape index (κ3) is 8.87. The van der Waals surface area contributed by atoms with Gasteiger partial charge in [0.25, 0.3) is 0 Å². The number of hydrogen-bond donors (Lipinski definition) is 0. The Kier molecular flexibility index (Phi) is 7.43. The molecule has 0 fully saturated rings. The fraction of sp³-hybridized carbons (Fsp3) is 0.688. The first-order valence-corrected chi connectivity index (χ1v) is 6.49. The number of hydrogen-bond acceptors (Lipinski definition) is 2. The van der Waals surface area contributed by atoms with Crippen molar-refractivity contribution in [2.75, 3.05) is 0 Å². The second-order valence-corrected chi connectivity index (χ2v) is 5.68. The summed E-state index contributed by atoms with van der Waals surface area (Å²) in [6, 6.07) is 0. The lowest BCUT2D eigenvalue weighted by Crippen LogP contribution is -2.23. The van der Waals surface area contributed by atoms with Crippen LogP contribution in [0.3, 0.4) is 0 Å². The lowest BCUT2D eigenvalue weighted by atomic mass is 9.82. The first-order chi connectivity index (χ1) is 8.26. The maximum atomic E-state index is 11.0. The topological polar surface area (TPSA) is 26.3 Å². The van der Waals surface area contributed by atoms with Crippen LogP contribution in [-0.4, -0.2) is 12.1 Å². The van der Waals surface area contributed by atoms with Crippen LogP contribution < -0.4 is 0 Å². The number of carbonyl (C=O) groups is 1. The van der Waals surface area contributed by atoms with Crippen LogP contribution in [0.4, 0.5) is 0 Å². The Bertz CT molecular complexity index is 349. The van der Waals surface area contributed by atoms with Crippen LogP contribution in [-0.2, 0) is 9.53 Å². The molecule has 0 spiro atoms. The molecule has 0 amide bonds. The molecule has 0 N–H and O–H groups in total. The molecule has 0 aromatic rings. The summed E-state index contributed by atoms with van der Waals surface area (Å²) >= 11 is 0. The minimum absolute atomic E-state index is 0.121. The highest BCUT2D eigenvalue weighted by Crippen LogP contribution is 2.29. The molecule has 0 aromatic carbocycles. The van der Waals surface area contributed by atoms with E-state index in [-0.39, 0.29) is 17.5 Å². The summed E-state index contributed by atoms with van der Waals surface area (Å²) in [5.74, 6) is 5.53. The van der Waals surface area contributed by atoms with Gasteiger partial charge in [0.05, 0.1) is 0 Å². The molecule has 1 atom stereocenters. The van der Waals surface area contributed by atoms with Crippen molar-refractivity contribution in [2.45, 2.75) is 66.9 Å². The van der Waals surface area contributed by atoms with E-state index in [2.05, 4.69) is 45.6 Å². The van der Waals surface area contributed by atoms with Crippen LogP contribution in [0.1, 0.15) is 60.8 Å². The first-order valence-electron chi connectivity index (χ1n) is 6.49. The Balaban J connectivity index is 4.43. The van der Waals surface area contributed by atoms with Crippen molar-refractivity contribution in [1.82, 2.24) is 0 Å². The molecule has 0 aliphatic rings. The standard InChI is InChI=1S/C16H26O2/c1-7-9-15(18-14(4)17)12-16(5,6)11-8-10-13(2)3/h10,15H,8,11-12H2,1-6H3. The van der Waals surface area contributed by atoms with Gasteiger partial charge in [-0.1, -0.05) is 31.4 Å². The molecule has 2 heteroatoms. The summed E-state index contributed by atoms with van der Waals surface area (Å²) in [6.45, 7) is 11.8. The Hall–Kier alpha value is -1.23. The quantitative estimate of drug-likeness (QED) is 0.403. The predicted octanol–water partition coefficient (Wildman–Crippen LogP) is 4.10. The number of carbonyl (C=O) groups excluding carboxylic acids is 1. The molecule has 0 aromatic heterocycles. The van der Waals surface area contributed by atoms with E-state index >= 15 is 0 Å². The van der Waals surface area contributed by atoms with Gasteiger partial charge in [-0.05, 0) is 39.0 Å². The number of rotatable bonds is 6. The van der Waals surface area contributed by atoms with E-state index < -0.39 is 0 Å². The molecule has 0 radical (unpaired) electrons. The highest BCUT2D eigenvalue weighted by Gasteiger charge is 2.23. The van der Waals surface area contributed by atoms with Gasteiger partial charge in [-0.3, -0.25) is 4.79 Å². The summed E-state index contributed by atoms with van der Waals surface area (Å²) in [5, 5.41) is 0. The minimum atomic E-state index is -0.283. The fourth-order valence-electron chi connectivity index (χ4n) is 1.84. The van der Waals surface area contributed by atoms with Crippen LogP contribution in [0.2, 0.25) is 0 Å². The maximum Gasteiger partial charge on any atom is 0.303 e. The smallest absolute Gasteiger partial charge is 0.303 e. The number of esters is 1. The average molecular weight is 250 g/mol. The van der Waals surface area contributed by atoms with Gasteiger partial charge in [-0.25, -0.2) is 0 Å². The summed E-state index contributed by atoms with van der Waals surface area (Å²) in [7, 11) is 0. The van der Waals surface area contributed by atoms with Gasteiger partial charge in [0.2, 0.25) is 0 Å². The van der Waals surface area contributed by atoms with E-state index in [1.165, 1.54) is 12.5 Å². The van der Waals surface area contributed by atoms with Crippen molar-refractivity contribution in [3.8, 4) is 11.8 Å². The van der Waals surface area contributed by atoms with Gasteiger partial charge >= 0.3 is 5.97 Å². The van der Waals surface area contributed by atoms with E-state index in [1.807, 2.05) is 0 Å². The second-order valence-electron chi connectivity index (χ2n) is 5.68. The average Bonchev–Trinajstić information content (AvgIpc) is 2.14. The van der Waals surface area contributed by atoms with E-state index in [0.29, 0.717) is 0 Å². The zero-order valence-electron chi connectivity index (χ0n) is 12.6. The third-order valence-corrected chi connectivity index (χ3v) is 2.73. The molecule has 1 unspecified atom stereocenters. The van der Waals surface area contributed by atoms with E-state index in [4.69, 9.17) is 4.74 Å². The van der Waals surface area contributed by atoms with E-state index in [9.17, 15) is 4.79 Å². The monoisotopic (exact) mass is 250 g/mol. The highest BCUT2D eigenvalue weighted by atomic mass is 16.5. The number of allylic oxidation sites excluding steroid dienone is 2. The van der Waals surface area contributed by atoms with Gasteiger partial charge in [0.15, 0.2) is 6.10 Å². The van der Waals surface area contributed by atoms with Gasteiger partial charge in [0, 0.05) is 13.3 Å². The minimum Gasteiger partial charge on any atom is -0.449 e. The molecular formula is C16H26O2. The zero-order chi connectivity index (χ0) is 14.2. The highest BCUT2D eigenvalue weighted by molar-refractivity contribution is 5.66. The summed E-state index contributed by atoms with van der Waals surface area (Å²) < 4.78 is 5.23. The Labute approximate surface area is 112 Å². The van der Waals surface area contributed by atoms with Gasteiger partial charge < -0.3 is 4.74 Å². The van der Waals surface area contributed by atoms with Crippen molar-refractivity contribution in [1.29, 1.82) is 0 Å².